The van der Waals surface area contributed by atoms with Crippen LogP contribution in [0.3, 0.4) is 0 Å². The molecule has 6 nitrogen and oxygen atoms in total. The highest BCUT2D eigenvalue weighted by molar-refractivity contribution is 7.89. The number of hydrogen-bond acceptors (Lipinski definition) is 5. The maximum atomic E-state index is 12.9. The second-order valence-electron chi connectivity index (χ2n) is 6.39. The number of rotatable bonds is 3. The van der Waals surface area contributed by atoms with E-state index in [2.05, 4.69) is 10.2 Å². The van der Waals surface area contributed by atoms with Crippen molar-refractivity contribution in [3.63, 3.8) is 0 Å². The first-order valence-corrected chi connectivity index (χ1v) is 9.51. The molecular weight excluding hydrogens is 371 g/mol. The molecule has 26 heavy (non-hydrogen) atoms. The predicted octanol–water partition coefficient (Wildman–Crippen LogP) is 3.27. The Balaban J connectivity index is 1.74. The largest absolute Gasteiger partial charge is 0.470 e. The summed E-state index contributed by atoms with van der Waals surface area (Å²) in [5.74, 6) is -1.86. The number of benzene rings is 1. The second-order valence-corrected chi connectivity index (χ2v) is 8.30. The molecule has 0 bridgehead atoms. The molecule has 0 amide bonds. The summed E-state index contributed by atoms with van der Waals surface area (Å²) in [7, 11) is -3.65. The number of hydrogen-bond donors (Lipinski definition) is 0. The zero-order chi connectivity index (χ0) is 19.1. The molecule has 2 aromatic rings. The van der Waals surface area contributed by atoms with Crippen LogP contribution in [0.5, 0.6) is 0 Å². The first kappa shape index (κ1) is 18.8. The molecule has 10 heteroatoms. The van der Waals surface area contributed by atoms with Gasteiger partial charge in [-0.3, -0.25) is 0 Å². The third-order valence-corrected chi connectivity index (χ3v) is 6.49. The Hall–Kier alpha value is -1.94. The summed E-state index contributed by atoms with van der Waals surface area (Å²) in [6.07, 6.45) is -4.04. The summed E-state index contributed by atoms with van der Waals surface area (Å²) in [5, 5.41) is 6.50. The lowest BCUT2D eigenvalue weighted by molar-refractivity contribution is -0.157. The molecule has 1 aromatic carbocycles. The Labute approximate surface area is 149 Å². The number of aryl methyl sites for hydroxylation is 2. The highest BCUT2D eigenvalue weighted by Crippen LogP contribution is 2.34. The standard InChI is InChI=1S/C16H18F3N3O3S/c1-10-3-4-11(2)13(9-10)26(23,24)22-7-5-12(6-8-22)14-20-21-15(25-14)16(17,18)19/h3-4,9,12H,5-8H2,1-2H3. The van der Waals surface area contributed by atoms with Crippen LogP contribution in [0, 0.1) is 13.8 Å². The van der Waals surface area contributed by atoms with Gasteiger partial charge >= 0.3 is 12.1 Å². The normalized spacial score (nSPS) is 17.6. The lowest BCUT2D eigenvalue weighted by atomic mass is 9.98. The van der Waals surface area contributed by atoms with E-state index in [1.165, 1.54) is 4.31 Å². The number of piperidine rings is 1. The van der Waals surface area contributed by atoms with Crippen LogP contribution in [-0.2, 0) is 16.2 Å². The fraction of sp³-hybridized carbons (Fsp3) is 0.500. The van der Waals surface area contributed by atoms with Gasteiger partial charge in [0.2, 0.25) is 15.9 Å². The van der Waals surface area contributed by atoms with E-state index in [0.29, 0.717) is 18.4 Å². The van der Waals surface area contributed by atoms with Crippen molar-refractivity contribution < 1.29 is 26.0 Å². The molecule has 0 spiro atoms. The topological polar surface area (TPSA) is 76.3 Å². The lowest BCUT2D eigenvalue weighted by Gasteiger charge is -2.30. The summed E-state index contributed by atoms with van der Waals surface area (Å²) >= 11 is 0. The average molecular weight is 389 g/mol. The summed E-state index contributed by atoms with van der Waals surface area (Å²) < 4.78 is 69.5. The maximum Gasteiger partial charge on any atom is 0.470 e. The van der Waals surface area contributed by atoms with Gasteiger partial charge in [-0.15, -0.1) is 10.2 Å². The van der Waals surface area contributed by atoms with E-state index >= 15 is 0 Å². The van der Waals surface area contributed by atoms with E-state index in [1.807, 2.05) is 13.0 Å². The SMILES string of the molecule is Cc1ccc(C)c(S(=O)(=O)N2CCC(c3nnc(C(F)(F)F)o3)CC2)c1. The Morgan fingerprint density at radius 1 is 1.15 bits per heavy atom. The summed E-state index contributed by atoms with van der Waals surface area (Å²) in [6, 6.07) is 5.23. The Morgan fingerprint density at radius 2 is 1.81 bits per heavy atom. The minimum atomic E-state index is -4.68. The van der Waals surface area contributed by atoms with Gasteiger partial charge in [0.1, 0.15) is 0 Å². The van der Waals surface area contributed by atoms with Gasteiger partial charge in [0.25, 0.3) is 0 Å². The van der Waals surface area contributed by atoms with Gasteiger partial charge in [0, 0.05) is 19.0 Å². The molecule has 0 unspecified atom stereocenters. The minimum Gasteiger partial charge on any atom is -0.417 e. The maximum absolute atomic E-state index is 12.9. The van der Waals surface area contributed by atoms with Gasteiger partial charge in [-0.25, -0.2) is 8.42 Å². The van der Waals surface area contributed by atoms with E-state index in [4.69, 9.17) is 4.42 Å². The monoisotopic (exact) mass is 389 g/mol. The fourth-order valence-electron chi connectivity index (χ4n) is 2.98. The highest BCUT2D eigenvalue weighted by atomic mass is 32.2. The van der Waals surface area contributed by atoms with Crippen molar-refractivity contribution in [3.05, 3.63) is 41.1 Å². The summed E-state index contributed by atoms with van der Waals surface area (Å²) in [4.78, 5) is 0.257. The van der Waals surface area contributed by atoms with Gasteiger partial charge in [-0.1, -0.05) is 12.1 Å². The number of nitrogens with zero attached hydrogens (tertiary/aromatic N) is 3. The molecule has 0 atom stereocenters. The molecule has 1 aliphatic rings. The van der Waals surface area contributed by atoms with Crippen molar-refractivity contribution in [2.24, 2.45) is 0 Å². The summed E-state index contributed by atoms with van der Waals surface area (Å²) in [6.45, 7) is 3.92. The molecule has 1 fully saturated rings. The van der Waals surface area contributed by atoms with Crippen molar-refractivity contribution in [1.82, 2.24) is 14.5 Å². The van der Waals surface area contributed by atoms with Crippen LogP contribution >= 0.6 is 0 Å². The molecule has 0 N–H and O–H groups in total. The van der Waals surface area contributed by atoms with Crippen LogP contribution in [0.15, 0.2) is 27.5 Å². The van der Waals surface area contributed by atoms with Crippen LogP contribution in [0.1, 0.15) is 41.7 Å². The predicted molar refractivity (Wildman–Crippen MR) is 85.9 cm³/mol. The number of sulfonamides is 1. The Bertz CT molecular complexity index is 901. The van der Waals surface area contributed by atoms with Crippen molar-refractivity contribution in [2.75, 3.05) is 13.1 Å². The highest BCUT2D eigenvalue weighted by Gasteiger charge is 2.40. The van der Waals surface area contributed by atoms with Gasteiger partial charge in [-0.2, -0.15) is 17.5 Å². The second kappa shape index (κ2) is 6.66. The molecule has 1 aromatic heterocycles. The number of alkyl halides is 3. The van der Waals surface area contributed by atoms with Crippen LogP contribution in [0.2, 0.25) is 0 Å². The van der Waals surface area contributed by atoms with Crippen LogP contribution < -0.4 is 0 Å². The first-order valence-electron chi connectivity index (χ1n) is 8.07. The van der Waals surface area contributed by atoms with Gasteiger partial charge < -0.3 is 4.42 Å². The number of halogens is 3. The third-order valence-electron chi connectivity index (χ3n) is 4.45. The van der Waals surface area contributed by atoms with Crippen molar-refractivity contribution >= 4 is 10.0 Å². The van der Waals surface area contributed by atoms with Crippen molar-refractivity contribution in [1.29, 1.82) is 0 Å². The van der Waals surface area contributed by atoms with Crippen LogP contribution in [0.25, 0.3) is 0 Å². The zero-order valence-electron chi connectivity index (χ0n) is 14.2. The molecule has 2 heterocycles. The van der Waals surface area contributed by atoms with Crippen LogP contribution in [0.4, 0.5) is 13.2 Å². The molecule has 1 saturated heterocycles. The molecule has 1 aliphatic heterocycles. The molecule has 3 rings (SSSR count). The van der Waals surface area contributed by atoms with Gasteiger partial charge in [0.15, 0.2) is 0 Å². The van der Waals surface area contributed by atoms with E-state index in [-0.39, 0.29) is 29.8 Å². The summed E-state index contributed by atoms with van der Waals surface area (Å²) in [5.41, 5.74) is 1.50. The van der Waals surface area contributed by atoms with Crippen LogP contribution in [-0.4, -0.2) is 36.0 Å². The molecular formula is C16H18F3N3O3S. The average Bonchev–Trinajstić information content (AvgIpc) is 3.07. The Morgan fingerprint density at radius 3 is 2.38 bits per heavy atom. The molecule has 0 aliphatic carbocycles. The quantitative estimate of drug-likeness (QED) is 0.805. The Kier molecular flexibility index (Phi) is 4.82. The fourth-order valence-corrected chi connectivity index (χ4v) is 4.76. The van der Waals surface area contributed by atoms with Crippen molar-refractivity contribution in [3.8, 4) is 0 Å². The lowest BCUT2D eigenvalue weighted by Crippen LogP contribution is -2.38. The molecule has 142 valence electrons. The van der Waals surface area contributed by atoms with Crippen molar-refractivity contribution in [2.45, 2.75) is 43.7 Å². The van der Waals surface area contributed by atoms with E-state index in [1.54, 1.807) is 19.1 Å². The third kappa shape index (κ3) is 3.61. The minimum absolute atomic E-state index is 0.0962. The molecule has 0 saturated carbocycles. The zero-order valence-corrected chi connectivity index (χ0v) is 15.1. The first-order chi connectivity index (χ1) is 12.1. The van der Waals surface area contributed by atoms with E-state index in [0.717, 1.165) is 5.56 Å². The van der Waals surface area contributed by atoms with Gasteiger partial charge in [0.05, 0.1) is 4.90 Å². The van der Waals surface area contributed by atoms with Gasteiger partial charge in [-0.05, 0) is 43.9 Å². The smallest absolute Gasteiger partial charge is 0.417 e. The van der Waals surface area contributed by atoms with E-state index < -0.39 is 22.1 Å². The van der Waals surface area contributed by atoms with E-state index in [9.17, 15) is 21.6 Å². The molecule has 0 radical (unpaired) electrons. The number of aromatic nitrogens is 2.